The first kappa shape index (κ1) is 10.8. The molecule has 16 heavy (non-hydrogen) atoms. The van der Waals surface area contributed by atoms with Crippen molar-refractivity contribution in [3.63, 3.8) is 0 Å². The summed E-state index contributed by atoms with van der Waals surface area (Å²) in [5.74, 6) is -4.22. The first-order chi connectivity index (χ1) is 7.61. The van der Waals surface area contributed by atoms with Crippen LogP contribution in [0.2, 0.25) is 0 Å². The number of rotatable bonds is 2. The van der Waals surface area contributed by atoms with E-state index in [2.05, 4.69) is 4.98 Å². The maximum absolute atomic E-state index is 13.3. The fraction of sp³-hybridized carbons (Fsp3) is 0.0909. The lowest BCUT2D eigenvalue weighted by Gasteiger charge is -2.10. The second-order valence-corrected chi connectivity index (χ2v) is 3.31. The molecule has 0 aliphatic heterocycles. The average molecular weight is 227 g/mol. The molecular formula is C11H8F3NO. The smallest absolute Gasteiger partial charge is 0.194 e. The molecule has 1 heterocycles. The van der Waals surface area contributed by atoms with E-state index in [1.165, 1.54) is 18.5 Å². The molecule has 0 radical (unpaired) electrons. The van der Waals surface area contributed by atoms with Crippen molar-refractivity contribution in [2.24, 2.45) is 0 Å². The van der Waals surface area contributed by atoms with E-state index in [-0.39, 0.29) is 5.56 Å². The van der Waals surface area contributed by atoms with Crippen LogP contribution in [0.3, 0.4) is 0 Å². The van der Waals surface area contributed by atoms with Crippen LogP contribution in [-0.2, 0) is 0 Å². The molecule has 1 aromatic heterocycles. The van der Waals surface area contributed by atoms with Gasteiger partial charge in [-0.25, -0.2) is 13.2 Å². The summed E-state index contributed by atoms with van der Waals surface area (Å²) in [6, 6.07) is 3.32. The minimum atomic E-state index is -1.58. The Morgan fingerprint density at radius 2 is 1.81 bits per heavy atom. The number of aliphatic hydroxyl groups is 1. The number of nitrogens with one attached hydrogen (secondary N) is 1. The van der Waals surface area contributed by atoms with E-state index in [1.54, 1.807) is 0 Å². The summed E-state index contributed by atoms with van der Waals surface area (Å²) < 4.78 is 38.9. The van der Waals surface area contributed by atoms with Crippen molar-refractivity contribution in [3.05, 3.63) is 59.2 Å². The van der Waals surface area contributed by atoms with Crippen molar-refractivity contribution in [3.8, 4) is 0 Å². The van der Waals surface area contributed by atoms with E-state index in [0.29, 0.717) is 5.56 Å². The van der Waals surface area contributed by atoms with Crippen LogP contribution in [-0.4, -0.2) is 10.1 Å². The molecule has 0 bridgehead atoms. The van der Waals surface area contributed by atoms with Gasteiger partial charge in [0.25, 0.3) is 0 Å². The summed E-state index contributed by atoms with van der Waals surface area (Å²) in [5.41, 5.74) is 0.0865. The predicted octanol–water partition coefficient (Wildman–Crippen LogP) is 2.51. The number of H-pyrrole nitrogens is 1. The van der Waals surface area contributed by atoms with E-state index in [0.717, 1.165) is 12.1 Å². The quantitative estimate of drug-likeness (QED) is 0.760. The number of aliphatic hydroxyl groups excluding tert-OH is 1. The number of hydrogen-bond donors (Lipinski definition) is 2. The molecule has 1 unspecified atom stereocenters. The van der Waals surface area contributed by atoms with Gasteiger partial charge >= 0.3 is 0 Å². The van der Waals surface area contributed by atoms with Gasteiger partial charge in [-0.3, -0.25) is 0 Å². The monoisotopic (exact) mass is 227 g/mol. The normalized spacial score (nSPS) is 12.8. The van der Waals surface area contributed by atoms with E-state index in [4.69, 9.17) is 0 Å². The van der Waals surface area contributed by atoms with Crippen LogP contribution in [0.15, 0.2) is 30.6 Å². The highest BCUT2D eigenvalue weighted by Gasteiger charge is 2.20. The molecule has 2 N–H and O–H groups in total. The molecule has 1 atom stereocenters. The lowest BCUT2D eigenvalue weighted by Crippen LogP contribution is -2.04. The summed E-state index contributed by atoms with van der Waals surface area (Å²) >= 11 is 0. The lowest BCUT2D eigenvalue weighted by atomic mass is 10.0. The molecule has 1 aromatic carbocycles. The number of aromatic amines is 1. The molecule has 0 saturated heterocycles. The van der Waals surface area contributed by atoms with Crippen molar-refractivity contribution in [2.75, 3.05) is 0 Å². The van der Waals surface area contributed by atoms with Gasteiger partial charge in [-0.05, 0) is 12.1 Å². The second kappa shape index (κ2) is 4.02. The molecule has 2 nitrogen and oxygen atoms in total. The molecular weight excluding hydrogens is 219 g/mol. The van der Waals surface area contributed by atoms with Crippen molar-refractivity contribution >= 4 is 0 Å². The van der Waals surface area contributed by atoms with Crippen LogP contribution in [0.5, 0.6) is 0 Å². The fourth-order valence-electron chi connectivity index (χ4n) is 1.44. The first-order valence-corrected chi connectivity index (χ1v) is 4.55. The second-order valence-electron chi connectivity index (χ2n) is 3.31. The van der Waals surface area contributed by atoms with Crippen LogP contribution in [0.1, 0.15) is 17.2 Å². The fourth-order valence-corrected chi connectivity index (χ4v) is 1.44. The van der Waals surface area contributed by atoms with Crippen LogP contribution >= 0.6 is 0 Å². The zero-order valence-electron chi connectivity index (χ0n) is 8.05. The highest BCUT2D eigenvalue weighted by Crippen LogP contribution is 2.26. The Bertz CT molecular complexity index is 496. The van der Waals surface area contributed by atoms with E-state index in [9.17, 15) is 18.3 Å². The zero-order valence-corrected chi connectivity index (χ0v) is 8.05. The maximum atomic E-state index is 13.3. The van der Waals surface area contributed by atoms with Crippen LogP contribution in [0.4, 0.5) is 13.2 Å². The van der Waals surface area contributed by atoms with Crippen molar-refractivity contribution in [1.29, 1.82) is 0 Å². The van der Waals surface area contributed by atoms with Gasteiger partial charge in [0.1, 0.15) is 6.10 Å². The van der Waals surface area contributed by atoms with E-state index < -0.39 is 23.6 Å². The molecule has 0 fully saturated rings. The Morgan fingerprint density at radius 3 is 2.44 bits per heavy atom. The molecule has 0 aliphatic carbocycles. The Hall–Kier alpha value is -1.75. The summed E-state index contributed by atoms with van der Waals surface area (Å²) in [5, 5.41) is 9.73. The zero-order chi connectivity index (χ0) is 11.7. The minimum Gasteiger partial charge on any atom is -0.383 e. The van der Waals surface area contributed by atoms with Gasteiger partial charge in [0.15, 0.2) is 17.5 Å². The first-order valence-electron chi connectivity index (χ1n) is 4.55. The van der Waals surface area contributed by atoms with Gasteiger partial charge < -0.3 is 10.1 Å². The SMILES string of the molecule is OC(c1cc[nH]c1)c1ccc(F)c(F)c1F. The van der Waals surface area contributed by atoms with Crippen LogP contribution in [0.25, 0.3) is 0 Å². The van der Waals surface area contributed by atoms with Gasteiger partial charge in [-0.1, -0.05) is 6.07 Å². The van der Waals surface area contributed by atoms with Gasteiger partial charge in [0.05, 0.1) is 0 Å². The summed E-state index contributed by atoms with van der Waals surface area (Å²) in [6.45, 7) is 0. The summed E-state index contributed by atoms with van der Waals surface area (Å²) in [7, 11) is 0. The molecule has 2 rings (SSSR count). The Balaban J connectivity index is 2.45. The predicted molar refractivity (Wildman–Crippen MR) is 51.2 cm³/mol. The van der Waals surface area contributed by atoms with Gasteiger partial charge in [0, 0.05) is 23.5 Å². The molecule has 5 heteroatoms. The molecule has 0 amide bonds. The minimum absolute atomic E-state index is 0.293. The van der Waals surface area contributed by atoms with Crippen molar-refractivity contribution in [2.45, 2.75) is 6.10 Å². The summed E-state index contributed by atoms with van der Waals surface area (Å²) in [4.78, 5) is 2.68. The van der Waals surface area contributed by atoms with Crippen molar-refractivity contribution in [1.82, 2.24) is 4.98 Å². The molecule has 0 spiro atoms. The number of hydrogen-bond acceptors (Lipinski definition) is 1. The average Bonchev–Trinajstić information content (AvgIpc) is 2.79. The maximum Gasteiger partial charge on any atom is 0.194 e. The number of halogens is 3. The van der Waals surface area contributed by atoms with Crippen LogP contribution < -0.4 is 0 Å². The van der Waals surface area contributed by atoms with E-state index in [1.807, 2.05) is 0 Å². The Labute approximate surface area is 89.4 Å². The van der Waals surface area contributed by atoms with Crippen molar-refractivity contribution < 1.29 is 18.3 Å². The molecule has 0 aliphatic rings. The standard InChI is InChI=1S/C11H8F3NO/c12-8-2-1-7(9(13)10(8)14)11(16)6-3-4-15-5-6/h1-5,11,15-16H. The topological polar surface area (TPSA) is 36.0 Å². The highest BCUT2D eigenvalue weighted by atomic mass is 19.2. The third-order valence-electron chi connectivity index (χ3n) is 2.30. The molecule has 2 aromatic rings. The number of aromatic nitrogens is 1. The van der Waals surface area contributed by atoms with E-state index >= 15 is 0 Å². The van der Waals surface area contributed by atoms with Gasteiger partial charge in [-0.15, -0.1) is 0 Å². The molecule has 84 valence electrons. The number of benzene rings is 1. The highest BCUT2D eigenvalue weighted by molar-refractivity contribution is 5.30. The Kier molecular flexibility index (Phi) is 2.70. The Morgan fingerprint density at radius 1 is 1.06 bits per heavy atom. The van der Waals surface area contributed by atoms with Gasteiger partial charge in [-0.2, -0.15) is 0 Å². The van der Waals surface area contributed by atoms with Crippen LogP contribution in [0, 0.1) is 17.5 Å². The molecule has 0 saturated carbocycles. The van der Waals surface area contributed by atoms with Gasteiger partial charge in [0.2, 0.25) is 0 Å². The lowest BCUT2D eigenvalue weighted by molar-refractivity contribution is 0.213. The third-order valence-corrected chi connectivity index (χ3v) is 2.30. The largest absolute Gasteiger partial charge is 0.383 e. The third kappa shape index (κ3) is 1.69. The summed E-state index contributed by atoms with van der Waals surface area (Å²) in [6.07, 6.45) is 1.67.